The first-order valence-corrected chi connectivity index (χ1v) is 13.4. The van der Waals surface area contributed by atoms with Crippen molar-refractivity contribution in [3.63, 3.8) is 0 Å². The van der Waals surface area contributed by atoms with Gasteiger partial charge in [0.1, 0.15) is 5.75 Å². The van der Waals surface area contributed by atoms with Crippen LogP contribution in [0.15, 0.2) is 84.9 Å². The third-order valence-corrected chi connectivity index (χ3v) is 8.57. The Morgan fingerprint density at radius 1 is 0.800 bits per heavy atom. The molecule has 3 aliphatic heterocycles. The van der Waals surface area contributed by atoms with E-state index in [1.54, 1.807) is 24.3 Å². The Hall–Kier alpha value is -4.62. The molecule has 1 fully saturated rings. The van der Waals surface area contributed by atoms with E-state index in [9.17, 15) is 14.4 Å². The minimum atomic E-state index is -0.950. The largest absolute Gasteiger partial charge is 0.454 e. The van der Waals surface area contributed by atoms with E-state index in [1.807, 2.05) is 60.7 Å². The number of hydrogen-bond donors (Lipinski definition) is 0. The molecule has 0 radical (unpaired) electrons. The lowest BCUT2D eigenvalue weighted by Gasteiger charge is -2.38. The van der Waals surface area contributed by atoms with Gasteiger partial charge in [0, 0.05) is 21.9 Å². The van der Waals surface area contributed by atoms with Crippen LogP contribution < -0.4 is 19.1 Å². The molecule has 3 heterocycles. The van der Waals surface area contributed by atoms with Crippen molar-refractivity contribution in [1.82, 2.24) is 0 Å². The first-order valence-electron chi connectivity index (χ1n) is 13.0. The first-order chi connectivity index (χ1) is 19.5. The van der Waals surface area contributed by atoms with E-state index < -0.39 is 35.5 Å². The van der Waals surface area contributed by atoms with Gasteiger partial charge in [-0.3, -0.25) is 14.4 Å². The third kappa shape index (κ3) is 3.21. The average molecular weight is 550 g/mol. The molecule has 4 aromatic rings. The summed E-state index contributed by atoms with van der Waals surface area (Å²) in [7, 11) is 0. The molecule has 1 aliphatic carbocycles. The summed E-state index contributed by atoms with van der Waals surface area (Å²) >= 11 is 6.23. The van der Waals surface area contributed by atoms with Crippen molar-refractivity contribution in [3.05, 3.63) is 101 Å². The number of amides is 2. The highest BCUT2D eigenvalue weighted by molar-refractivity contribution is 6.31. The van der Waals surface area contributed by atoms with Crippen LogP contribution in [-0.2, 0) is 14.4 Å². The molecule has 2 amide bonds. The lowest BCUT2D eigenvalue weighted by Crippen LogP contribution is -2.42. The summed E-state index contributed by atoms with van der Waals surface area (Å²) < 4.78 is 17.1. The van der Waals surface area contributed by atoms with Gasteiger partial charge in [-0.2, -0.15) is 0 Å². The molecule has 7 nitrogen and oxygen atoms in total. The molecule has 4 aromatic carbocycles. The van der Waals surface area contributed by atoms with Crippen LogP contribution in [0, 0.1) is 17.8 Å². The number of allylic oxidation sites excluding steroid dienone is 1. The van der Waals surface area contributed by atoms with Crippen LogP contribution in [0.4, 0.5) is 5.69 Å². The Morgan fingerprint density at radius 3 is 2.50 bits per heavy atom. The smallest absolute Gasteiger partial charge is 0.319 e. The molecule has 196 valence electrons. The van der Waals surface area contributed by atoms with Crippen LogP contribution >= 0.6 is 11.6 Å². The minimum absolute atomic E-state index is 0.116. The number of halogens is 1. The standard InChI is InChI=1S/C32H20ClNO6/c33-18-5-3-6-19(13-18)34-30(35)26-22(17-9-11-24-25(12-17)39-15-38-24)14-23-21-10-8-16-4-1-2-7-20(16)29(21)40-32(37)27(23)28(26)31(34)36/h1-14,22,26-28H,15H2/t22-,26+,27-,28+/m1/s1. The Labute approximate surface area is 233 Å². The summed E-state index contributed by atoms with van der Waals surface area (Å²) in [5.41, 5.74) is 2.60. The molecule has 0 aromatic heterocycles. The van der Waals surface area contributed by atoms with Crippen LogP contribution in [0.3, 0.4) is 0 Å². The fourth-order valence-corrected chi connectivity index (χ4v) is 6.79. The van der Waals surface area contributed by atoms with Crippen molar-refractivity contribution in [2.75, 3.05) is 11.7 Å². The van der Waals surface area contributed by atoms with Crippen molar-refractivity contribution < 1.29 is 28.6 Å². The average Bonchev–Trinajstić information content (AvgIpc) is 3.54. The van der Waals surface area contributed by atoms with E-state index >= 15 is 0 Å². The number of nitrogens with zero attached hydrogens (tertiary/aromatic N) is 1. The maximum Gasteiger partial charge on any atom is 0.319 e. The highest BCUT2D eigenvalue weighted by Gasteiger charge is 2.60. The van der Waals surface area contributed by atoms with Gasteiger partial charge < -0.3 is 14.2 Å². The monoisotopic (exact) mass is 549 g/mol. The number of imide groups is 1. The molecule has 4 aliphatic rings. The first kappa shape index (κ1) is 23.3. The number of hydrogen-bond acceptors (Lipinski definition) is 6. The molecule has 0 saturated carbocycles. The molecule has 4 atom stereocenters. The van der Waals surface area contributed by atoms with Gasteiger partial charge in [-0.05, 0) is 46.9 Å². The second-order valence-electron chi connectivity index (χ2n) is 10.4. The topological polar surface area (TPSA) is 82.1 Å². The van der Waals surface area contributed by atoms with Gasteiger partial charge in [0.05, 0.1) is 23.4 Å². The minimum Gasteiger partial charge on any atom is -0.454 e. The second kappa shape index (κ2) is 8.44. The number of ether oxygens (including phenoxy) is 3. The predicted octanol–water partition coefficient (Wildman–Crippen LogP) is 5.74. The summed E-state index contributed by atoms with van der Waals surface area (Å²) in [6.45, 7) is 0.116. The zero-order chi connectivity index (χ0) is 27.1. The number of rotatable bonds is 2. The van der Waals surface area contributed by atoms with Gasteiger partial charge in [-0.15, -0.1) is 0 Å². The summed E-state index contributed by atoms with van der Waals surface area (Å²) in [6.07, 6.45) is 1.96. The SMILES string of the molecule is O=C1Oc2c(ccc3ccccc23)C2=C[C@H](c3ccc4c(c3)OCO4)[C@@H]3C(=O)N(c4cccc(Cl)c4)C(=O)[C@@H]3[C@H]12. The Kier molecular flexibility index (Phi) is 4.91. The molecular weight excluding hydrogens is 530 g/mol. The molecule has 0 unspecified atom stereocenters. The molecule has 8 rings (SSSR count). The van der Waals surface area contributed by atoms with Crippen LogP contribution in [0.1, 0.15) is 17.0 Å². The van der Waals surface area contributed by atoms with E-state index in [-0.39, 0.29) is 12.7 Å². The van der Waals surface area contributed by atoms with Crippen molar-refractivity contribution in [1.29, 1.82) is 0 Å². The van der Waals surface area contributed by atoms with Gasteiger partial charge in [-0.25, -0.2) is 4.90 Å². The quantitative estimate of drug-likeness (QED) is 0.180. The van der Waals surface area contributed by atoms with Gasteiger partial charge >= 0.3 is 5.97 Å². The molecule has 40 heavy (non-hydrogen) atoms. The van der Waals surface area contributed by atoms with Gasteiger partial charge in [-0.1, -0.05) is 66.2 Å². The Bertz CT molecular complexity index is 1830. The van der Waals surface area contributed by atoms with Crippen molar-refractivity contribution in [2.45, 2.75) is 5.92 Å². The van der Waals surface area contributed by atoms with E-state index in [0.29, 0.717) is 33.5 Å². The molecule has 1 saturated heterocycles. The normalized spacial score (nSPS) is 24.4. The molecule has 8 heteroatoms. The Balaban J connectivity index is 1.35. The maximum atomic E-state index is 14.1. The number of fused-ring (bicyclic) bond motifs is 8. The maximum absolute atomic E-state index is 14.1. The van der Waals surface area contributed by atoms with Crippen molar-refractivity contribution in [3.8, 4) is 17.2 Å². The number of carbonyl (C=O) groups is 3. The zero-order valence-corrected chi connectivity index (χ0v) is 21.6. The fraction of sp³-hybridized carbons (Fsp3) is 0.156. The zero-order valence-electron chi connectivity index (χ0n) is 20.9. The molecule has 0 N–H and O–H groups in total. The number of carbonyl (C=O) groups excluding carboxylic acids is 3. The molecule has 0 spiro atoms. The summed E-state index contributed by atoms with van der Waals surface area (Å²) in [4.78, 5) is 43.1. The number of anilines is 1. The Morgan fingerprint density at radius 2 is 1.62 bits per heavy atom. The number of esters is 1. The highest BCUT2D eigenvalue weighted by atomic mass is 35.5. The van der Waals surface area contributed by atoms with E-state index in [2.05, 4.69) is 0 Å². The van der Waals surface area contributed by atoms with Crippen LogP contribution in [0.5, 0.6) is 17.2 Å². The van der Waals surface area contributed by atoms with Crippen LogP contribution in [0.25, 0.3) is 16.3 Å². The second-order valence-corrected chi connectivity index (χ2v) is 10.8. The summed E-state index contributed by atoms with van der Waals surface area (Å²) in [5.74, 6) is -2.90. The van der Waals surface area contributed by atoms with Crippen LogP contribution in [-0.4, -0.2) is 24.6 Å². The predicted molar refractivity (Wildman–Crippen MR) is 147 cm³/mol. The van der Waals surface area contributed by atoms with Gasteiger partial charge in [0.15, 0.2) is 11.5 Å². The molecule has 0 bridgehead atoms. The lowest BCUT2D eigenvalue weighted by molar-refractivity contribution is -0.142. The van der Waals surface area contributed by atoms with Gasteiger partial charge in [0.2, 0.25) is 18.6 Å². The lowest BCUT2D eigenvalue weighted by atomic mass is 9.64. The van der Waals surface area contributed by atoms with Crippen molar-refractivity contribution >= 4 is 51.4 Å². The highest BCUT2D eigenvalue weighted by Crippen LogP contribution is 2.56. The summed E-state index contributed by atoms with van der Waals surface area (Å²) in [5, 5.41) is 2.15. The van der Waals surface area contributed by atoms with Crippen LogP contribution in [0.2, 0.25) is 5.02 Å². The fourth-order valence-electron chi connectivity index (χ4n) is 6.60. The van der Waals surface area contributed by atoms with Crippen molar-refractivity contribution in [2.24, 2.45) is 17.8 Å². The third-order valence-electron chi connectivity index (χ3n) is 8.33. The number of benzene rings is 4. The van der Waals surface area contributed by atoms with E-state index in [4.69, 9.17) is 25.8 Å². The summed E-state index contributed by atoms with van der Waals surface area (Å²) in [6, 6.07) is 23.8. The van der Waals surface area contributed by atoms with E-state index in [0.717, 1.165) is 21.9 Å². The molecular formula is C32H20ClNO6. The van der Waals surface area contributed by atoms with Gasteiger partial charge in [0.25, 0.3) is 0 Å². The van der Waals surface area contributed by atoms with E-state index in [1.165, 1.54) is 4.90 Å².